The Balaban J connectivity index is 3.16. The number of halogens is 4. The number of phenols is 1. The van der Waals surface area contributed by atoms with E-state index in [1.807, 2.05) is 0 Å². The number of hydrogen-bond acceptors (Lipinski definition) is 3. The number of amides is 1. The number of carboxylic acids is 1. The van der Waals surface area contributed by atoms with Gasteiger partial charge in [0.2, 0.25) is 5.54 Å². The summed E-state index contributed by atoms with van der Waals surface area (Å²) >= 11 is 5.55. The molecule has 0 spiro atoms. The first kappa shape index (κ1) is 16.1. The Morgan fingerprint density at radius 3 is 2.30 bits per heavy atom. The normalized spacial score (nSPS) is 14.4. The number of alkyl halides is 3. The molecule has 0 saturated carbocycles. The molecule has 1 rings (SSSR count). The molecule has 1 unspecified atom stereocenters. The van der Waals surface area contributed by atoms with Gasteiger partial charge in [-0.1, -0.05) is 11.6 Å². The van der Waals surface area contributed by atoms with Gasteiger partial charge < -0.3 is 15.5 Å². The lowest BCUT2D eigenvalue weighted by molar-refractivity contribution is -0.203. The number of benzene rings is 1. The van der Waals surface area contributed by atoms with Crippen LogP contribution in [0.1, 0.15) is 17.3 Å². The molecule has 0 aliphatic rings. The zero-order valence-corrected chi connectivity index (χ0v) is 10.7. The highest BCUT2D eigenvalue weighted by Gasteiger charge is 2.58. The number of rotatable bonds is 3. The second-order valence-electron chi connectivity index (χ2n) is 4.04. The number of aromatic hydroxyl groups is 1. The molecule has 0 bridgehead atoms. The lowest BCUT2D eigenvalue weighted by atomic mass is 10.0. The molecule has 3 N–H and O–H groups in total. The molecule has 1 aromatic carbocycles. The molecular weight excluding hydrogens is 303 g/mol. The Morgan fingerprint density at radius 1 is 1.30 bits per heavy atom. The Morgan fingerprint density at radius 2 is 1.85 bits per heavy atom. The number of carbonyl (C=O) groups excluding carboxylic acids is 1. The summed E-state index contributed by atoms with van der Waals surface area (Å²) in [7, 11) is 0. The maximum Gasteiger partial charge on any atom is 0.422 e. The van der Waals surface area contributed by atoms with E-state index in [4.69, 9.17) is 16.7 Å². The summed E-state index contributed by atoms with van der Waals surface area (Å²) in [5.74, 6) is -4.31. The molecule has 20 heavy (non-hydrogen) atoms. The smallest absolute Gasteiger partial charge is 0.422 e. The van der Waals surface area contributed by atoms with Crippen molar-refractivity contribution in [3.8, 4) is 5.75 Å². The molecule has 0 aromatic heterocycles. The minimum Gasteiger partial charge on any atom is -0.507 e. The van der Waals surface area contributed by atoms with Crippen LogP contribution in [0.3, 0.4) is 0 Å². The Kier molecular flexibility index (Phi) is 4.18. The molecule has 0 fully saturated rings. The zero-order chi connectivity index (χ0) is 15.7. The van der Waals surface area contributed by atoms with Gasteiger partial charge in [-0.05, 0) is 25.1 Å². The van der Waals surface area contributed by atoms with Gasteiger partial charge in [0, 0.05) is 5.02 Å². The van der Waals surface area contributed by atoms with Gasteiger partial charge in [0.05, 0.1) is 5.56 Å². The van der Waals surface area contributed by atoms with Crippen molar-refractivity contribution < 1.29 is 33.0 Å². The lowest BCUT2D eigenvalue weighted by Gasteiger charge is -2.28. The van der Waals surface area contributed by atoms with E-state index >= 15 is 0 Å². The van der Waals surface area contributed by atoms with E-state index in [0.717, 1.165) is 12.1 Å². The van der Waals surface area contributed by atoms with Crippen molar-refractivity contribution in [1.29, 1.82) is 0 Å². The highest BCUT2D eigenvalue weighted by atomic mass is 35.5. The van der Waals surface area contributed by atoms with Crippen LogP contribution in [-0.2, 0) is 4.79 Å². The standard InChI is InChI=1S/C11H9ClF3NO4/c1-10(9(19)20,11(13,14)15)16-8(18)6-4-5(12)2-3-7(6)17/h2-4,17H,1H3,(H,16,18)(H,19,20). The fourth-order valence-corrected chi connectivity index (χ4v) is 1.40. The molecule has 9 heteroatoms. The quantitative estimate of drug-likeness (QED) is 0.798. The maximum atomic E-state index is 12.7. The third-order valence-electron chi connectivity index (χ3n) is 2.56. The van der Waals surface area contributed by atoms with Crippen molar-refractivity contribution in [3.05, 3.63) is 28.8 Å². The molecule has 1 amide bonds. The predicted molar refractivity (Wildman–Crippen MR) is 62.7 cm³/mol. The van der Waals surface area contributed by atoms with Gasteiger partial charge in [0.1, 0.15) is 5.75 Å². The van der Waals surface area contributed by atoms with Crippen LogP contribution in [0, 0.1) is 0 Å². The van der Waals surface area contributed by atoms with Crippen molar-refractivity contribution in [3.63, 3.8) is 0 Å². The van der Waals surface area contributed by atoms with Gasteiger partial charge in [0.15, 0.2) is 0 Å². The number of carboxylic acid groups (broad SMARTS) is 1. The predicted octanol–water partition coefficient (Wildman–Crippen LogP) is 2.18. The minimum absolute atomic E-state index is 0.00279. The summed E-state index contributed by atoms with van der Waals surface area (Å²) in [6, 6.07) is 3.14. The highest BCUT2D eigenvalue weighted by molar-refractivity contribution is 6.31. The average molecular weight is 312 g/mol. The minimum atomic E-state index is -5.22. The first-order valence-electron chi connectivity index (χ1n) is 5.10. The number of nitrogens with one attached hydrogen (secondary N) is 1. The van der Waals surface area contributed by atoms with E-state index in [9.17, 15) is 27.9 Å². The van der Waals surface area contributed by atoms with Crippen molar-refractivity contribution in [2.24, 2.45) is 0 Å². The lowest BCUT2D eigenvalue weighted by Crippen LogP contribution is -2.61. The van der Waals surface area contributed by atoms with E-state index in [2.05, 4.69) is 0 Å². The van der Waals surface area contributed by atoms with Crippen LogP contribution >= 0.6 is 11.6 Å². The summed E-state index contributed by atoms with van der Waals surface area (Å²) in [4.78, 5) is 22.5. The number of phenolic OH excluding ortho intramolecular Hbond substituents is 1. The Hall–Kier alpha value is -1.96. The molecule has 0 aliphatic carbocycles. The topological polar surface area (TPSA) is 86.6 Å². The van der Waals surface area contributed by atoms with Crippen molar-refractivity contribution in [2.75, 3.05) is 0 Å². The second-order valence-corrected chi connectivity index (χ2v) is 4.48. The van der Waals surface area contributed by atoms with Crippen LogP contribution in [0.2, 0.25) is 5.02 Å². The van der Waals surface area contributed by atoms with E-state index in [1.165, 1.54) is 11.4 Å². The third kappa shape index (κ3) is 2.96. The zero-order valence-electron chi connectivity index (χ0n) is 9.95. The van der Waals surface area contributed by atoms with E-state index < -0.39 is 34.9 Å². The summed E-state index contributed by atoms with van der Waals surface area (Å²) in [6.45, 7) is 0.300. The third-order valence-corrected chi connectivity index (χ3v) is 2.80. The summed E-state index contributed by atoms with van der Waals surface area (Å²) in [5.41, 5.74) is -4.05. The number of carbonyl (C=O) groups is 2. The van der Waals surface area contributed by atoms with Crippen LogP contribution < -0.4 is 5.32 Å². The Labute approximate surface area is 116 Å². The number of hydrogen-bond donors (Lipinski definition) is 3. The fraction of sp³-hybridized carbons (Fsp3) is 0.273. The molecule has 5 nitrogen and oxygen atoms in total. The highest BCUT2D eigenvalue weighted by Crippen LogP contribution is 2.31. The van der Waals surface area contributed by atoms with Crippen LogP contribution in [0.5, 0.6) is 5.75 Å². The fourth-order valence-electron chi connectivity index (χ4n) is 1.23. The molecule has 1 atom stereocenters. The summed E-state index contributed by atoms with van der Waals surface area (Å²) < 4.78 is 38.2. The molecule has 0 heterocycles. The van der Waals surface area contributed by atoms with Gasteiger partial charge in [-0.2, -0.15) is 13.2 Å². The van der Waals surface area contributed by atoms with Gasteiger partial charge in [-0.25, -0.2) is 4.79 Å². The Bertz CT molecular complexity index is 561. The molecule has 0 saturated heterocycles. The van der Waals surface area contributed by atoms with Crippen LogP contribution in [-0.4, -0.2) is 33.8 Å². The molecule has 1 aromatic rings. The van der Waals surface area contributed by atoms with Gasteiger partial charge in [-0.15, -0.1) is 0 Å². The monoisotopic (exact) mass is 311 g/mol. The average Bonchev–Trinajstić information content (AvgIpc) is 2.30. The SMILES string of the molecule is CC(NC(=O)c1cc(Cl)ccc1O)(C(=O)O)C(F)(F)F. The van der Waals surface area contributed by atoms with E-state index in [-0.39, 0.29) is 5.02 Å². The van der Waals surface area contributed by atoms with Crippen LogP contribution in [0.15, 0.2) is 18.2 Å². The second kappa shape index (κ2) is 5.20. The largest absolute Gasteiger partial charge is 0.507 e. The van der Waals surface area contributed by atoms with Gasteiger partial charge in [-0.3, -0.25) is 4.79 Å². The molecular formula is C11H9ClF3NO4. The van der Waals surface area contributed by atoms with Crippen LogP contribution in [0.25, 0.3) is 0 Å². The molecule has 0 radical (unpaired) electrons. The summed E-state index contributed by atoms with van der Waals surface area (Å²) in [5, 5.41) is 19.4. The van der Waals surface area contributed by atoms with Gasteiger partial charge in [0.25, 0.3) is 5.91 Å². The summed E-state index contributed by atoms with van der Waals surface area (Å²) in [6.07, 6.45) is -5.22. The maximum absolute atomic E-state index is 12.7. The first-order valence-corrected chi connectivity index (χ1v) is 5.48. The molecule has 0 aliphatic heterocycles. The van der Waals surface area contributed by atoms with Crippen molar-refractivity contribution in [2.45, 2.75) is 18.6 Å². The number of aliphatic carboxylic acids is 1. The van der Waals surface area contributed by atoms with Gasteiger partial charge >= 0.3 is 12.1 Å². The molecule has 110 valence electrons. The van der Waals surface area contributed by atoms with Crippen molar-refractivity contribution in [1.82, 2.24) is 5.32 Å². The van der Waals surface area contributed by atoms with Crippen molar-refractivity contribution >= 4 is 23.5 Å². The first-order chi connectivity index (χ1) is 8.99. The van der Waals surface area contributed by atoms with E-state index in [1.54, 1.807) is 0 Å². The van der Waals surface area contributed by atoms with Crippen LogP contribution in [0.4, 0.5) is 13.2 Å². The van der Waals surface area contributed by atoms with E-state index in [0.29, 0.717) is 6.92 Å².